The summed E-state index contributed by atoms with van der Waals surface area (Å²) in [7, 11) is 0. The Kier molecular flexibility index (Phi) is 2.39. The lowest BCUT2D eigenvalue weighted by Crippen LogP contribution is -1.91. The molecule has 0 N–H and O–H groups in total. The minimum absolute atomic E-state index is 0.129. The van der Waals surface area contributed by atoms with E-state index >= 15 is 0 Å². The molecule has 0 unspecified atom stereocenters. The van der Waals surface area contributed by atoms with Crippen molar-refractivity contribution in [2.45, 2.75) is 0 Å². The van der Waals surface area contributed by atoms with Crippen molar-refractivity contribution in [3.05, 3.63) is 45.9 Å². The average molecular weight is 225 g/mol. The first-order valence-corrected chi connectivity index (χ1v) is 4.40. The van der Waals surface area contributed by atoms with Gasteiger partial charge in [0.2, 0.25) is 5.15 Å². The summed E-state index contributed by atoms with van der Waals surface area (Å²) in [5, 5.41) is 10.5. The molecule has 0 radical (unpaired) electrons. The largest absolute Gasteiger partial charge is 0.464 e. The molecule has 0 aromatic carbocycles. The SMILES string of the molecule is O=[N+]([O-])c1cc(-c2ccco2)cnc1Cl. The van der Waals surface area contributed by atoms with E-state index in [1.54, 1.807) is 12.1 Å². The van der Waals surface area contributed by atoms with Crippen molar-refractivity contribution < 1.29 is 9.34 Å². The molecule has 0 spiro atoms. The van der Waals surface area contributed by atoms with E-state index in [-0.39, 0.29) is 10.8 Å². The quantitative estimate of drug-likeness (QED) is 0.447. The molecule has 5 nitrogen and oxygen atoms in total. The summed E-state index contributed by atoms with van der Waals surface area (Å²) in [5.74, 6) is 0.516. The van der Waals surface area contributed by atoms with Crippen molar-refractivity contribution in [1.82, 2.24) is 4.98 Å². The Hall–Kier alpha value is -1.88. The van der Waals surface area contributed by atoms with Gasteiger partial charge >= 0.3 is 5.69 Å². The van der Waals surface area contributed by atoms with Crippen LogP contribution in [0, 0.1) is 10.1 Å². The van der Waals surface area contributed by atoms with Gasteiger partial charge in [0.15, 0.2) is 0 Å². The summed E-state index contributed by atoms with van der Waals surface area (Å²) in [5.41, 5.74) is 0.293. The van der Waals surface area contributed by atoms with Crippen LogP contribution >= 0.6 is 11.6 Å². The predicted octanol–water partition coefficient (Wildman–Crippen LogP) is 2.90. The Morgan fingerprint density at radius 2 is 2.33 bits per heavy atom. The molecule has 0 aliphatic heterocycles. The molecule has 2 aromatic heterocycles. The highest BCUT2D eigenvalue weighted by atomic mass is 35.5. The molecule has 2 aromatic rings. The number of nitrogens with zero attached hydrogens (tertiary/aromatic N) is 2. The molecule has 0 fully saturated rings. The van der Waals surface area contributed by atoms with Gasteiger partial charge in [-0.1, -0.05) is 11.6 Å². The highest BCUT2D eigenvalue weighted by molar-refractivity contribution is 6.31. The van der Waals surface area contributed by atoms with Crippen LogP contribution in [0.25, 0.3) is 11.3 Å². The number of rotatable bonds is 2. The molecule has 0 atom stereocenters. The van der Waals surface area contributed by atoms with Crippen molar-refractivity contribution in [3.63, 3.8) is 0 Å². The van der Waals surface area contributed by atoms with E-state index in [0.29, 0.717) is 11.3 Å². The number of hydrogen-bond donors (Lipinski definition) is 0. The Bertz CT molecular complexity index is 496. The summed E-state index contributed by atoms with van der Waals surface area (Å²) < 4.78 is 5.09. The molecule has 0 saturated heterocycles. The van der Waals surface area contributed by atoms with E-state index < -0.39 is 4.92 Å². The molecule has 2 heterocycles. The van der Waals surface area contributed by atoms with Crippen LogP contribution in [-0.4, -0.2) is 9.91 Å². The van der Waals surface area contributed by atoms with Crippen LogP contribution in [0.5, 0.6) is 0 Å². The second kappa shape index (κ2) is 3.70. The topological polar surface area (TPSA) is 69.2 Å². The van der Waals surface area contributed by atoms with Crippen molar-refractivity contribution in [3.8, 4) is 11.3 Å². The third-order valence-corrected chi connectivity index (χ3v) is 2.11. The number of halogens is 1. The van der Waals surface area contributed by atoms with Gasteiger partial charge in [0.1, 0.15) is 5.76 Å². The number of pyridine rings is 1. The number of furan rings is 1. The highest BCUT2D eigenvalue weighted by Gasteiger charge is 2.15. The van der Waals surface area contributed by atoms with E-state index in [1.165, 1.54) is 18.5 Å². The summed E-state index contributed by atoms with van der Waals surface area (Å²) >= 11 is 5.57. The first-order valence-electron chi connectivity index (χ1n) is 4.02. The van der Waals surface area contributed by atoms with Gasteiger partial charge in [-0.25, -0.2) is 4.98 Å². The Balaban J connectivity index is 2.52. The summed E-state index contributed by atoms with van der Waals surface area (Å²) in [6.07, 6.45) is 2.91. The van der Waals surface area contributed by atoms with E-state index in [2.05, 4.69) is 4.98 Å². The minimum atomic E-state index is -0.582. The molecular weight excluding hydrogens is 220 g/mol. The van der Waals surface area contributed by atoms with E-state index in [9.17, 15) is 10.1 Å². The number of hydrogen-bond acceptors (Lipinski definition) is 4. The minimum Gasteiger partial charge on any atom is -0.464 e. The smallest absolute Gasteiger partial charge is 0.307 e. The lowest BCUT2D eigenvalue weighted by atomic mass is 10.2. The van der Waals surface area contributed by atoms with Crippen LogP contribution in [0.15, 0.2) is 35.1 Å². The van der Waals surface area contributed by atoms with Crippen molar-refractivity contribution in [2.24, 2.45) is 0 Å². The van der Waals surface area contributed by atoms with Crippen molar-refractivity contribution >= 4 is 17.3 Å². The van der Waals surface area contributed by atoms with Gasteiger partial charge in [0.05, 0.1) is 11.2 Å². The normalized spacial score (nSPS) is 10.2. The Morgan fingerprint density at radius 1 is 1.53 bits per heavy atom. The molecule has 0 aliphatic carbocycles. The molecule has 0 saturated carbocycles. The third-order valence-electron chi connectivity index (χ3n) is 1.82. The Morgan fingerprint density at radius 3 is 2.93 bits per heavy atom. The number of aromatic nitrogens is 1. The first kappa shape index (κ1) is 9.67. The maximum atomic E-state index is 10.6. The third kappa shape index (κ3) is 1.82. The van der Waals surface area contributed by atoms with Crippen LogP contribution in [0.4, 0.5) is 5.69 Å². The molecule has 0 aliphatic rings. The summed E-state index contributed by atoms with van der Waals surface area (Å²) in [4.78, 5) is 13.7. The van der Waals surface area contributed by atoms with Crippen LogP contribution in [0.1, 0.15) is 0 Å². The van der Waals surface area contributed by atoms with E-state index in [0.717, 1.165) is 0 Å². The van der Waals surface area contributed by atoms with Gasteiger partial charge in [-0.05, 0) is 12.1 Å². The van der Waals surface area contributed by atoms with Crippen molar-refractivity contribution in [2.75, 3.05) is 0 Å². The average Bonchev–Trinajstić information content (AvgIpc) is 2.71. The van der Waals surface area contributed by atoms with Gasteiger partial charge in [-0.3, -0.25) is 10.1 Å². The van der Waals surface area contributed by atoms with E-state index in [4.69, 9.17) is 16.0 Å². The van der Waals surface area contributed by atoms with Gasteiger partial charge in [0, 0.05) is 17.8 Å². The highest BCUT2D eigenvalue weighted by Crippen LogP contribution is 2.28. The van der Waals surface area contributed by atoms with Crippen LogP contribution < -0.4 is 0 Å². The van der Waals surface area contributed by atoms with Gasteiger partial charge < -0.3 is 4.42 Å². The fraction of sp³-hybridized carbons (Fsp3) is 0. The molecule has 0 bridgehead atoms. The lowest BCUT2D eigenvalue weighted by molar-refractivity contribution is -0.385. The summed E-state index contributed by atoms with van der Waals surface area (Å²) in [6, 6.07) is 4.71. The zero-order valence-electron chi connectivity index (χ0n) is 7.38. The Labute approximate surface area is 89.5 Å². The predicted molar refractivity (Wildman–Crippen MR) is 53.6 cm³/mol. The molecule has 6 heteroatoms. The van der Waals surface area contributed by atoms with Crippen molar-refractivity contribution in [1.29, 1.82) is 0 Å². The molecule has 76 valence electrons. The fourth-order valence-electron chi connectivity index (χ4n) is 1.14. The van der Waals surface area contributed by atoms with Crippen LogP contribution in [-0.2, 0) is 0 Å². The zero-order valence-corrected chi connectivity index (χ0v) is 8.14. The molecule has 2 rings (SSSR count). The fourth-order valence-corrected chi connectivity index (χ4v) is 1.31. The molecule has 0 amide bonds. The monoisotopic (exact) mass is 224 g/mol. The zero-order chi connectivity index (χ0) is 10.8. The number of nitro groups is 1. The molecule has 15 heavy (non-hydrogen) atoms. The lowest BCUT2D eigenvalue weighted by Gasteiger charge is -1.97. The standard InChI is InChI=1S/C9H5ClN2O3/c10-9-7(12(13)14)4-6(5-11-9)8-2-1-3-15-8/h1-5H. The second-order valence-corrected chi connectivity index (χ2v) is 3.13. The van der Waals surface area contributed by atoms with Crippen LogP contribution in [0.2, 0.25) is 5.15 Å². The van der Waals surface area contributed by atoms with Crippen LogP contribution in [0.3, 0.4) is 0 Å². The second-order valence-electron chi connectivity index (χ2n) is 2.77. The van der Waals surface area contributed by atoms with Gasteiger partial charge in [0.25, 0.3) is 0 Å². The summed E-state index contributed by atoms with van der Waals surface area (Å²) in [6.45, 7) is 0. The molecular formula is C9H5ClN2O3. The van der Waals surface area contributed by atoms with E-state index in [1.807, 2.05) is 0 Å². The van der Waals surface area contributed by atoms with Gasteiger partial charge in [-0.2, -0.15) is 0 Å². The first-order chi connectivity index (χ1) is 7.18. The maximum absolute atomic E-state index is 10.6. The maximum Gasteiger partial charge on any atom is 0.307 e. The van der Waals surface area contributed by atoms with Gasteiger partial charge in [-0.15, -0.1) is 0 Å².